The van der Waals surface area contributed by atoms with Crippen molar-refractivity contribution in [2.24, 2.45) is 35.0 Å². The van der Waals surface area contributed by atoms with Crippen molar-refractivity contribution >= 4 is 0 Å². The fraction of sp³-hybridized carbons (Fsp3) is 1.00. The molecule has 17 heavy (non-hydrogen) atoms. The van der Waals surface area contributed by atoms with Crippen LogP contribution in [0.2, 0.25) is 0 Å². The first kappa shape index (κ1) is 10.9. The average molecular weight is 232 g/mol. The van der Waals surface area contributed by atoms with E-state index in [9.17, 15) is 0 Å². The van der Waals surface area contributed by atoms with Crippen LogP contribution in [0.1, 0.15) is 71.1 Å². The fourth-order valence-corrected chi connectivity index (χ4v) is 6.86. The second-order valence-corrected chi connectivity index (χ2v) is 8.15. The molecule has 2 atom stereocenters. The van der Waals surface area contributed by atoms with Gasteiger partial charge >= 0.3 is 0 Å². The summed E-state index contributed by atoms with van der Waals surface area (Å²) < 4.78 is 0. The fourth-order valence-electron chi connectivity index (χ4n) is 6.86. The van der Waals surface area contributed by atoms with E-state index in [1.54, 1.807) is 44.9 Å². The molecule has 0 nitrogen and oxygen atoms in total. The molecule has 0 N–H and O–H groups in total. The van der Waals surface area contributed by atoms with Gasteiger partial charge in [0.05, 0.1) is 0 Å². The third kappa shape index (κ3) is 1.62. The molecule has 0 radical (unpaired) electrons. The second-order valence-electron chi connectivity index (χ2n) is 8.15. The van der Waals surface area contributed by atoms with Crippen LogP contribution < -0.4 is 0 Å². The van der Waals surface area contributed by atoms with Gasteiger partial charge < -0.3 is 0 Å². The van der Waals surface area contributed by atoms with E-state index in [1.165, 1.54) is 19.3 Å². The van der Waals surface area contributed by atoms with E-state index in [2.05, 4.69) is 6.92 Å². The van der Waals surface area contributed by atoms with Gasteiger partial charge in [-0.1, -0.05) is 26.2 Å². The maximum atomic E-state index is 2.57. The van der Waals surface area contributed by atoms with Crippen molar-refractivity contribution in [3.8, 4) is 0 Å². The van der Waals surface area contributed by atoms with Crippen LogP contribution >= 0.6 is 0 Å². The summed E-state index contributed by atoms with van der Waals surface area (Å²) in [6.45, 7) is 2.57. The van der Waals surface area contributed by atoms with Crippen LogP contribution in [0.25, 0.3) is 0 Å². The lowest BCUT2D eigenvalue weighted by Gasteiger charge is -2.61. The van der Waals surface area contributed by atoms with Crippen molar-refractivity contribution < 1.29 is 0 Å². The molecule has 0 heterocycles. The van der Waals surface area contributed by atoms with Crippen molar-refractivity contribution in [1.82, 2.24) is 0 Å². The highest BCUT2D eigenvalue weighted by atomic mass is 14.6. The zero-order valence-corrected chi connectivity index (χ0v) is 11.5. The Balaban J connectivity index is 1.63. The van der Waals surface area contributed by atoms with Crippen LogP contribution in [0.5, 0.6) is 0 Å². The zero-order chi connectivity index (χ0) is 11.5. The standard InChI is InChI=1S/C17H28/c1-12-4-2-3-5-16(12)17-9-13-6-14(10-17)8-15(7-13)11-17/h12-16H,2-11H2,1H3. The molecule has 0 saturated heterocycles. The van der Waals surface area contributed by atoms with Crippen LogP contribution in [-0.4, -0.2) is 0 Å². The molecule has 96 valence electrons. The summed E-state index contributed by atoms with van der Waals surface area (Å²) in [7, 11) is 0. The van der Waals surface area contributed by atoms with Gasteiger partial charge in [-0.2, -0.15) is 0 Å². The Morgan fingerprint density at radius 1 is 0.765 bits per heavy atom. The van der Waals surface area contributed by atoms with E-state index >= 15 is 0 Å². The molecule has 5 aliphatic carbocycles. The molecule has 0 spiro atoms. The maximum absolute atomic E-state index is 2.57. The minimum atomic E-state index is 0.842. The molecular formula is C17H28. The Morgan fingerprint density at radius 3 is 1.82 bits per heavy atom. The largest absolute Gasteiger partial charge is 0.0622 e. The van der Waals surface area contributed by atoms with Crippen LogP contribution in [0.4, 0.5) is 0 Å². The van der Waals surface area contributed by atoms with E-state index in [0.717, 1.165) is 35.0 Å². The molecule has 0 aromatic heterocycles. The average Bonchev–Trinajstić information content (AvgIpc) is 2.27. The van der Waals surface area contributed by atoms with Crippen molar-refractivity contribution in [1.29, 1.82) is 0 Å². The molecular weight excluding hydrogens is 204 g/mol. The Kier molecular flexibility index (Phi) is 2.40. The van der Waals surface area contributed by atoms with Gasteiger partial charge in [-0.3, -0.25) is 0 Å². The minimum absolute atomic E-state index is 0.842. The summed E-state index contributed by atoms with van der Waals surface area (Å²) in [4.78, 5) is 0. The van der Waals surface area contributed by atoms with Gasteiger partial charge in [0.2, 0.25) is 0 Å². The second kappa shape index (κ2) is 3.75. The van der Waals surface area contributed by atoms with Gasteiger partial charge in [-0.15, -0.1) is 0 Å². The van der Waals surface area contributed by atoms with Gasteiger partial charge in [0.15, 0.2) is 0 Å². The lowest BCUT2D eigenvalue weighted by atomic mass is 9.44. The van der Waals surface area contributed by atoms with Crippen molar-refractivity contribution in [3.05, 3.63) is 0 Å². The minimum Gasteiger partial charge on any atom is -0.0622 e. The maximum Gasteiger partial charge on any atom is -0.0259 e. The van der Waals surface area contributed by atoms with E-state index in [-0.39, 0.29) is 0 Å². The predicted octanol–water partition coefficient (Wildman–Crippen LogP) is 5.03. The Morgan fingerprint density at radius 2 is 1.29 bits per heavy atom. The van der Waals surface area contributed by atoms with Crippen LogP contribution in [0.15, 0.2) is 0 Å². The monoisotopic (exact) mass is 232 g/mol. The molecule has 5 rings (SSSR count). The molecule has 0 aromatic rings. The third-order valence-electron chi connectivity index (χ3n) is 6.98. The van der Waals surface area contributed by atoms with Gasteiger partial charge in [-0.05, 0) is 80.0 Å². The van der Waals surface area contributed by atoms with Gasteiger partial charge in [0.25, 0.3) is 0 Å². The van der Waals surface area contributed by atoms with Crippen molar-refractivity contribution in [2.45, 2.75) is 71.1 Å². The van der Waals surface area contributed by atoms with Crippen LogP contribution in [0.3, 0.4) is 0 Å². The van der Waals surface area contributed by atoms with Crippen molar-refractivity contribution in [2.75, 3.05) is 0 Å². The molecule has 5 fully saturated rings. The number of hydrogen-bond acceptors (Lipinski definition) is 0. The summed E-state index contributed by atoms with van der Waals surface area (Å²) >= 11 is 0. The number of hydrogen-bond donors (Lipinski definition) is 0. The molecule has 4 bridgehead atoms. The van der Waals surface area contributed by atoms with Gasteiger partial charge in [-0.25, -0.2) is 0 Å². The molecule has 5 saturated carbocycles. The summed E-state index contributed by atoms with van der Waals surface area (Å²) in [5.74, 6) is 5.60. The normalized spacial score (nSPS) is 57.4. The predicted molar refractivity (Wildman–Crippen MR) is 71.7 cm³/mol. The summed E-state index contributed by atoms with van der Waals surface area (Å²) in [6, 6.07) is 0. The smallest absolute Gasteiger partial charge is 0.0259 e. The molecule has 2 unspecified atom stereocenters. The molecule has 5 aliphatic rings. The zero-order valence-electron chi connectivity index (χ0n) is 11.5. The van der Waals surface area contributed by atoms with E-state index in [1.807, 2.05) is 0 Å². The molecule has 0 aliphatic heterocycles. The first-order valence-corrected chi connectivity index (χ1v) is 8.25. The van der Waals surface area contributed by atoms with E-state index in [4.69, 9.17) is 0 Å². The Hall–Kier alpha value is 0. The lowest BCUT2D eigenvalue weighted by Crippen LogP contribution is -2.51. The molecule has 0 aromatic carbocycles. The van der Waals surface area contributed by atoms with Gasteiger partial charge in [0.1, 0.15) is 0 Å². The van der Waals surface area contributed by atoms with Crippen molar-refractivity contribution in [3.63, 3.8) is 0 Å². The highest BCUT2D eigenvalue weighted by molar-refractivity contribution is 5.05. The Labute approximate surface area is 107 Å². The summed E-state index contributed by atoms with van der Waals surface area (Å²) in [6.07, 6.45) is 15.9. The summed E-state index contributed by atoms with van der Waals surface area (Å²) in [5, 5.41) is 0. The van der Waals surface area contributed by atoms with Gasteiger partial charge in [0, 0.05) is 0 Å². The topological polar surface area (TPSA) is 0 Å². The van der Waals surface area contributed by atoms with E-state index < -0.39 is 0 Å². The SMILES string of the molecule is CC1CCCCC1C12CC3CC(CC(C3)C1)C2. The number of rotatable bonds is 1. The molecule has 0 heteroatoms. The quantitative estimate of drug-likeness (QED) is 0.595. The van der Waals surface area contributed by atoms with E-state index in [0.29, 0.717) is 0 Å². The van der Waals surface area contributed by atoms with Crippen LogP contribution in [0, 0.1) is 35.0 Å². The Bertz CT molecular complexity index is 268. The third-order valence-corrected chi connectivity index (χ3v) is 6.98. The highest BCUT2D eigenvalue weighted by Gasteiger charge is 2.54. The molecule has 0 amide bonds. The lowest BCUT2D eigenvalue weighted by molar-refractivity contribution is -0.107. The first-order chi connectivity index (χ1) is 8.25. The summed E-state index contributed by atoms with van der Waals surface area (Å²) in [5.41, 5.74) is 0.842. The first-order valence-electron chi connectivity index (χ1n) is 8.25. The highest BCUT2D eigenvalue weighted by Crippen LogP contribution is 2.65. The van der Waals surface area contributed by atoms with Crippen LogP contribution in [-0.2, 0) is 0 Å².